The van der Waals surface area contributed by atoms with Gasteiger partial charge < -0.3 is 14.4 Å². The molecule has 0 aliphatic heterocycles. The van der Waals surface area contributed by atoms with Crippen LogP contribution in [0.3, 0.4) is 0 Å². The number of rotatable bonds is 9. The lowest BCUT2D eigenvalue weighted by atomic mass is 10.1. The summed E-state index contributed by atoms with van der Waals surface area (Å²) in [6.07, 6.45) is 1.68. The van der Waals surface area contributed by atoms with E-state index in [9.17, 15) is 14.1 Å². The second-order valence-corrected chi connectivity index (χ2v) is 6.88. The van der Waals surface area contributed by atoms with Crippen LogP contribution in [0.15, 0.2) is 77.1 Å². The molecule has 9 nitrogen and oxygen atoms in total. The van der Waals surface area contributed by atoms with Crippen LogP contribution in [0.25, 0.3) is 0 Å². The number of azo groups is 1. The van der Waals surface area contributed by atoms with Gasteiger partial charge in [0.2, 0.25) is 0 Å². The molecular formula is C20H18N4O5S. The molecule has 0 saturated carbocycles. The van der Waals surface area contributed by atoms with Crippen molar-refractivity contribution in [2.45, 2.75) is 12.8 Å². The largest absolute Gasteiger partial charge is 0.508 e. The number of nitrogens with one attached hydrogen (secondary N) is 1. The molecule has 1 aromatic heterocycles. The maximum atomic E-state index is 12.0. The third-order valence-electron chi connectivity index (χ3n) is 3.81. The normalized spacial score (nSPS) is 11.9. The van der Waals surface area contributed by atoms with E-state index in [2.05, 4.69) is 19.9 Å². The first-order valence-electron chi connectivity index (χ1n) is 8.83. The van der Waals surface area contributed by atoms with Crippen molar-refractivity contribution in [2.75, 3.05) is 4.72 Å². The number of carboxylic acid groups (broad SMARTS) is 1. The molecule has 154 valence electrons. The summed E-state index contributed by atoms with van der Waals surface area (Å²) in [5, 5.41) is 26.8. The average molecular weight is 426 g/mol. The Kier molecular flexibility index (Phi) is 7.06. The van der Waals surface area contributed by atoms with Crippen LogP contribution in [0.1, 0.15) is 12.0 Å². The quantitative estimate of drug-likeness (QED) is 0.437. The molecule has 30 heavy (non-hydrogen) atoms. The Balaban J connectivity index is 1.60. The number of aromatic nitrogens is 1. The number of anilines is 1. The zero-order chi connectivity index (χ0) is 21.3. The zero-order valence-corrected chi connectivity index (χ0v) is 16.5. The summed E-state index contributed by atoms with van der Waals surface area (Å²) in [7, 11) is 0. The van der Waals surface area contributed by atoms with Crippen molar-refractivity contribution in [1.29, 1.82) is 0 Å². The van der Waals surface area contributed by atoms with E-state index < -0.39 is 17.2 Å². The van der Waals surface area contributed by atoms with Crippen molar-refractivity contribution in [3.8, 4) is 11.5 Å². The highest BCUT2D eigenvalue weighted by Gasteiger charge is 2.06. The predicted molar refractivity (Wildman–Crippen MR) is 111 cm³/mol. The Morgan fingerprint density at radius 1 is 1.07 bits per heavy atom. The maximum Gasteiger partial charge on any atom is 0.317 e. The molecule has 0 bridgehead atoms. The van der Waals surface area contributed by atoms with Gasteiger partial charge in [-0.3, -0.25) is 9.52 Å². The van der Waals surface area contributed by atoms with Gasteiger partial charge in [0.1, 0.15) is 17.3 Å². The highest BCUT2D eigenvalue weighted by atomic mass is 32.2. The van der Waals surface area contributed by atoms with Gasteiger partial charge in [0.15, 0.2) is 0 Å². The molecule has 1 unspecified atom stereocenters. The third kappa shape index (κ3) is 6.38. The molecule has 0 spiro atoms. The molecule has 0 amide bonds. The molecule has 3 N–H and O–H groups in total. The number of aliphatic carboxylic acids is 1. The van der Waals surface area contributed by atoms with E-state index in [0.29, 0.717) is 28.5 Å². The van der Waals surface area contributed by atoms with Crippen LogP contribution >= 0.6 is 0 Å². The van der Waals surface area contributed by atoms with Gasteiger partial charge in [0, 0.05) is 12.6 Å². The number of benzene rings is 2. The topological polar surface area (TPSA) is 133 Å². The number of aromatic hydroxyl groups is 1. The van der Waals surface area contributed by atoms with Crippen molar-refractivity contribution >= 4 is 34.4 Å². The van der Waals surface area contributed by atoms with Gasteiger partial charge in [-0.2, -0.15) is 14.4 Å². The van der Waals surface area contributed by atoms with Crippen molar-refractivity contribution < 1.29 is 23.4 Å². The number of aryl methyl sites for hydroxylation is 1. The third-order valence-corrected chi connectivity index (χ3v) is 4.53. The number of carbonyl (C=O) groups is 1. The molecule has 1 atom stereocenters. The molecule has 10 heteroatoms. The van der Waals surface area contributed by atoms with E-state index in [1.54, 1.807) is 60.8 Å². The van der Waals surface area contributed by atoms with Crippen LogP contribution in [-0.2, 0) is 22.5 Å². The Morgan fingerprint density at radius 3 is 2.50 bits per heavy atom. The number of hydrogen-bond acceptors (Lipinski definition) is 7. The lowest BCUT2D eigenvalue weighted by molar-refractivity contribution is -0.136. The summed E-state index contributed by atoms with van der Waals surface area (Å²) in [4.78, 5) is 14.7. The van der Waals surface area contributed by atoms with Crippen molar-refractivity contribution in [2.24, 2.45) is 10.2 Å². The van der Waals surface area contributed by atoms with E-state index in [-0.39, 0.29) is 18.6 Å². The maximum absolute atomic E-state index is 12.0. The summed E-state index contributed by atoms with van der Waals surface area (Å²) in [6.45, 7) is 0. The van der Waals surface area contributed by atoms with Gasteiger partial charge in [-0.15, -0.1) is 0 Å². The molecule has 0 aliphatic carbocycles. The van der Waals surface area contributed by atoms with E-state index in [0.717, 1.165) is 0 Å². The summed E-state index contributed by atoms with van der Waals surface area (Å²) < 4.78 is 19.9. The monoisotopic (exact) mass is 426 g/mol. The molecule has 3 aromatic rings. The number of phenolic OH excluding ortho intramolecular Hbond substituents is 1. The summed E-state index contributed by atoms with van der Waals surface area (Å²) in [5.74, 6) is -0.127. The first-order valence-corrected chi connectivity index (χ1v) is 9.90. The number of carboxylic acids is 1. The van der Waals surface area contributed by atoms with Crippen LogP contribution < -0.4 is 8.91 Å². The number of phenols is 1. The second kappa shape index (κ2) is 10.1. The van der Waals surface area contributed by atoms with Gasteiger partial charge in [-0.25, -0.2) is 4.98 Å². The van der Waals surface area contributed by atoms with E-state index >= 15 is 0 Å². The summed E-state index contributed by atoms with van der Waals surface area (Å²) >= 11 is -1.80. The standard InChI is InChI=1S/C20H18N4O5S/c25-18-10-7-16(13-14(18)4-11-20(26)27)23-22-15-5-8-17(9-6-15)29-30(28)24-19-3-1-2-12-21-19/h1-3,5-10,12-13,25H,4,11H2,(H,21,24)(H,26,27). The summed E-state index contributed by atoms with van der Waals surface area (Å²) in [6, 6.07) is 16.3. The lowest BCUT2D eigenvalue weighted by Crippen LogP contribution is -2.11. The molecule has 2 aromatic carbocycles. The Bertz CT molecular complexity index is 1060. The number of hydrogen-bond donors (Lipinski definition) is 3. The summed E-state index contributed by atoms with van der Waals surface area (Å²) in [5.41, 5.74) is 1.50. The van der Waals surface area contributed by atoms with Crippen molar-refractivity contribution in [1.82, 2.24) is 4.98 Å². The fraction of sp³-hybridized carbons (Fsp3) is 0.100. The first kappa shape index (κ1) is 20.9. The molecule has 0 radical (unpaired) electrons. The smallest absolute Gasteiger partial charge is 0.317 e. The number of nitrogens with zero attached hydrogens (tertiary/aromatic N) is 3. The van der Waals surface area contributed by atoms with Crippen molar-refractivity contribution in [3.63, 3.8) is 0 Å². The van der Waals surface area contributed by atoms with Crippen LogP contribution in [0.5, 0.6) is 11.5 Å². The van der Waals surface area contributed by atoms with Gasteiger partial charge in [0.25, 0.3) is 0 Å². The van der Waals surface area contributed by atoms with Crippen LogP contribution in [0, 0.1) is 0 Å². The SMILES string of the molecule is O=C(O)CCc1cc(N=Nc2ccc(OS(=O)Nc3ccccn3)cc2)ccc1O. The molecule has 0 fully saturated rings. The van der Waals surface area contributed by atoms with Crippen LogP contribution in [-0.4, -0.2) is 25.4 Å². The highest BCUT2D eigenvalue weighted by Crippen LogP contribution is 2.27. The van der Waals surface area contributed by atoms with Gasteiger partial charge >= 0.3 is 17.2 Å². The van der Waals surface area contributed by atoms with E-state index in [1.165, 1.54) is 6.07 Å². The Labute approximate surface area is 174 Å². The first-order chi connectivity index (χ1) is 14.5. The van der Waals surface area contributed by atoms with E-state index in [4.69, 9.17) is 9.29 Å². The van der Waals surface area contributed by atoms with E-state index in [1.807, 2.05) is 0 Å². The average Bonchev–Trinajstić information content (AvgIpc) is 2.74. The molecule has 1 heterocycles. The molecule has 0 aliphatic rings. The molecular weight excluding hydrogens is 408 g/mol. The zero-order valence-electron chi connectivity index (χ0n) is 15.6. The van der Waals surface area contributed by atoms with Gasteiger partial charge in [-0.05, 0) is 66.6 Å². The number of pyridine rings is 1. The second-order valence-electron chi connectivity index (χ2n) is 6.04. The Morgan fingerprint density at radius 2 is 1.80 bits per heavy atom. The fourth-order valence-corrected chi connectivity index (χ4v) is 3.00. The predicted octanol–water partition coefficient (Wildman–Crippen LogP) is 4.29. The fourth-order valence-electron chi connectivity index (χ4n) is 2.38. The minimum atomic E-state index is -1.80. The van der Waals surface area contributed by atoms with Crippen LogP contribution in [0.4, 0.5) is 17.2 Å². The minimum Gasteiger partial charge on any atom is -0.508 e. The minimum absolute atomic E-state index is 0.0176. The van der Waals surface area contributed by atoms with Gasteiger partial charge in [0.05, 0.1) is 11.4 Å². The lowest BCUT2D eigenvalue weighted by Gasteiger charge is -2.06. The van der Waals surface area contributed by atoms with Crippen LogP contribution in [0.2, 0.25) is 0 Å². The highest BCUT2D eigenvalue weighted by molar-refractivity contribution is 7.81. The van der Waals surface area contributed by atoms with Crippen molar-refractivity contribution in [3.05, 3.63) is 72.4 Å². The molecule has 0 saturated heterocycles. The van der Waals surface area contributed by atoms with Gasteiger partial charge in [-0.1, -0.05) is 6.07 Å². The molecule has 3 rings (SSSR count). The Hall–Kier alpha value is -3.79.